The highest BCUT2D eigenvalue weighted by Gasteiger charge is 2.33. The summed E-state index contributed by atoms with van der Waals surface area (Å²) in [5, 5.41) is 2.11. The molecule has 0 aliphatic carbocycles. The average Bonchev–Trinajstić information content (AvgIpc) is 2.74. The number of nitrogens with zero attached hydrogens (tertiary/aromatic N) is 2. The molecule has 1 aliphatic rings. The smallest absolute Gasteiger partial charge is 0.274 e. The van der Waals surface area contributed by atoms with E-state index in [4.69, 9.17) is 12.2 Å². The second-order valence-corrected chi connectivity index (χ2v) is 6.29. The molecule has 0 radical (unpaired) electrons. The maximum atomic E-state index is 12.2. The second-order valence-electron chi connectivity index (χ2n) is 4.61. The maximum absolute atomic E-state index is 12.2. The summed E-state index contributed by atoms with van der Waals surface area (Å²) in [6.45, 7) is 1.33. The van der Waals surface area contributed by atoms with Gasteiger partial charge < -0.3 is 0 Å². The predicted molar refractivity (Wildman–Crippen MR) is 90.6 cm³/mol. The van der Waals surface area contributed by atoms with Gasteiger partial charge in [-0.2, -0.15) is 5.01 Å². The number of carbonyl (C=O) groups excluding carboxylic acids is 2. The highest BCUT2D eigenvalue weighted by atomic mass is 32.2. The molecule has 5 nitrogen and oxygen atoms in total. The van der Waals surface area contributed by atoms with Crippen molar-refractivity contribution < 1.29 is 9.59 Å². The van der Waals surface area contributed by atoms with Crippen molar-refractivity contribution in [3.05, 3.63) is 47.0 Å². The number of aromatic nitrogens is 1. The predicted octanol–water partition coefficient (Wildman–Crippen LogP) is 2.49. The lowest BCUT2D eigenvalue weighted by Gasteiger charge is -2.13. The lowest BCUT2D eigenvalue weighted by molar-refractivity contribution is -0.131. The van der Waals surface area contributed by atoms with E-state index in [2.05, 4.69) is 10.4 Å². The third-order valence-electron chi connectivity index (χ3n) is 2.96. The van der Waals surface area contributed by atoms with Gasteiger partial charge in [0.1, 0.15) is 0 Å². The van der Waals surface area contributed by atoms with Crippen molar-refractivity contribution in [1.82, 2.24) is 15.4 Å². The first-order valence-corrected chi connectivity index (χ1v) is 7.68. The molecule has 110 valence electrons. The van der Waals surface area contributed by atoms with E-state index in [1.165, 1.54) is 6.92 Å². The van der Waals surface area contributed by atoms with Gasteiger partial charge in [-0.25, -0.2) is 4.98 Å². The lowest BCUT2D eigenvalue weighted by atomic mass is 10.2. The molecule has 22 heavy (non-hydrogen) atoms. The Bertz CT molecular complexity index is 832. The standard InChI is InChI=1S/C15H11N3O2S2/c1-9(19)17-18-14(20)13(22-15(18)21)8-11-7-6-10-4-2-3-5-12(10)16-11/h2-8H,1H3,(H,17,19). The van der Waals surface area contributed by atoms with Gasteiger partial charge >= 0.3 is 0 Å². The number of para-hydroxylation sites is 1. The molecule has 0 unspecified atom stereocenters. The molecule has 2 heterocycles. The molecule has 0 spiro atoms. The second kappa shape index (κ2) is 5.86. The molecule has 1 fully saturated rings. The highest BCUT2D eigenvalue weighted by molar-refractivity contribution is 8.26. The molecule has 1 aliphatic heterocycles. The molecule has 2 amide bonds. The Morgan fingerprint density at radius 1 is 1.32 bits per heavy atom. The minimum Gasteiger partial charge on any atom is -0.274 e. The van der Waals surface area contributed by atoms with Crippen LogP contribution < -0.4 is 5.43 Å². The van der Waals surface area contributed by atoms with E-state index in [-0.39, 0.29) is 11.8 Å². The quantitative estimate of drug-likeness (QED) is 0.677. The number of pyridine rings is 1. The van der Waals surface area contributed by atoms with Crippen LogP contribution in [0.5, 0.6) is 0 Å². The minimum atomic E-state index is -0.347. The van der Waals surface area contributed by atoms with Gasteiger partial charge in [0.15, 0.2) is 4.32 Å². The molecule has 2 aromatic rings. The van der Waals surface area contributed by atoms with Crippen LogP contribution in [0.4, 0.5) is 0 Å². The van der Waals surface area contributed by atoms with Crippen LogP contribution in [0.1, 0.15) is 12.6 Å². The number of amides is 2. The monoisotopic (exact) mass is 329 g/mol. The summed E-state index contributed by atoms with van der Waals surface area (Å²) in [5.74, 6) is -0.693. The van der Waals surface area contributed by atoms with Crippen LogP contribution in [0.25, 0.3) is 17.0 Å². The largest absolute Gasteiger partial charge is 0.285 e. The highest BCUT2D eigenvalue weighted by Crippen LogP contribution is 2.31. The van der Waals surface area contributed by atoms with Gasteiger partial charge in [-0.15, -0.1) is 0 Å². The molecule has 1 aromatic carbocycles. The van der Waals surface area contributed by atoms with E-state index in [1.54, 1.807) is 6.08 Å². The first kappa shape index (κ1) is 14.7. The van der Waals surface area contributed by atoms with Crippen LogP contribution in [0, 0.1) is 0 Å². The Balaban J connectivity index is 1.92. The number of hydrazine groups is 1. The van der Waals surface area contributed by atoms with Crippen molar-refractivity contribution in [3.63, 3.8) is 0 Å². The zero-order chi connectivity index (χ0) is 15.7. The molecule has 0 bridgehead atoms. The van der Waals surface area contributed by atoms with Crippen molar-refractivity contribution in [3.8, 4) is 0 Å². The lowest BCUT2D eigenvalue weighted by Crippen LogP contribution is -2.43. The van der Waals surface area contributed by atoms with Crippen LogP contribution in [0.15, 0.2) is 41.3 Å². The number of rotatable bonds is 2. The fourth-order valence-corrected chi connectivity index (χ4v) is 3.18. The van der Waals surface area contributed by atoms with Crippen molar-refractivity contribution in [2.75, 3.05) is 0 Å². The summed E-state index contributed by atoms with van der Waals surface area (Å²) < 4.78 is 0.298. The van der Waals surface area contributed by atoms with Gasteiger partial charge in [0.05, 0.1) is 16.1 Å². The molecular weight excluding hydrogens is 318 g/mol. The molecule has 0 atom stereocenters. The fraction of sp³-hybridized carbons (Fsp3) is 0.0667. The fourth-order valence-electron chi connectivity index (χ4n) is 2.02. The summed E-state index contributed by atoms with van der Waals surface area (Å²) in [4.78, 5) is 28.2. The number of carbonyl (C=O) groups is 2. The summed E-state index contributed by atoms with van der Waals surface area (Å²) in [6.07, 6.45) is 1.67. The van der Waals surface area contributed by atoms with E-state index in [0.29, 0.717) is 14.9 Å². The molecule has 1 saturated heterocycles. The number of nitrogens with one attached hydrogen (secondary N) is 1. The minimum absolute atomic E-state index is 0.298. The Labute approximate surface area is 136 Å². The summed E-state index contributed by atoms with van der Waals surface area (Å²) in [5.41, 5.74) is 3.93. The Hall–Kier alpha value is -2.25. The van der Waals surface area contributed by atoms with Crippen molar-refractivity contribution in [2.24, 2.45) is 0 Å². The van der Waals surface area contributed by atoms with E-state index >= 15 is 0 Å². The maximum Gasteiger partial charge on any atom is 0.285 e. The van der Waals surface area contributed by atoms with Gasteiger partial charge in [-0.3, -0.25) is 15.0 Å². The summed E-state index contributed by atoms with van der Waals surface area (Å²) >= 11 is 6.24. The molecule has 0 saturated carbocycles. The number of thiocarbonyl (C=S) groups is 1. The molecule has 1 aromatic heterocycles. The van der Waals surface area contributed by atoms with E-state index in [1.807, 2.05) is 36.4 Å². The van der Waals surface area contributed by atoms with Crippen LogP contribution in [-0.4, -0.2) is 26.1 Å². The van der Waals surface area contributed by atoms with Crippen molar-refractivity contribution >= 4 is 57.1 Å². The summed E-state index contributed by atoms with van der Waals surface area (Å²) in [6, 6.07) is 11.5. The Morgan fingerprint density at radius 3 is 2.86 bits per heavy atom. The molecular formula is C15H11N3O2S2. The molecule has 1 N–H and O–H groups in total. The third-order valence-corrected chi connectivity index (χ3v) is 4.26. The van der Waals surface area contributed by atoms with Crippen LogP contribution in [0.3, 0.4) is 0 Å². The van der Waals surface area contributed by atoms with Gasteiger partial charge in [-0.1, -0.05) is 36.0 Å². The normalized spacial score (nSPS) is 16.6. The topological polar surface area (TPSA) is 62.3 Å². The zero-order valence-electron chi connectivity index (χ0n) is 11.6. The van der Waals surface area contributed by atoms with Crippen molar-refractivity contribution in [2.45, 2.75) is 6.92 Å². The number of fused-ring (bicyclic) bond motifs is 1. The third kappa shape index (κ3) is 2.86. The van der Waals surface area contributed by atoms with Crippen molar-refractivity contribution in [1.29, 1.82) is 0 Å². The summed E-state index contributed by atoms with van der Waals surface area (Å²) in [7, 11) is 0. The number of hydrogen-bond acceptors (Lipinski definition) is 5. The van der Waals surface area contributed by atoms with E-state index in [0.717, 1.165) is 27.7 Å². The molecule has 7 heteroatoms. The van der Waals surface area contributed by atoms with Crippen LogP contribution >= 0.6 is 24.0 Å². The Morgan fingerprint density at radius 2 is 2.09 bits per heavy atom. The number of thioether (sulfide) groups is 1. The van der Waals surface area contributed by atoms with Crippen LogP contribution in [0.2, 0.25) is 0 Å². The van der Waals surface area contributed by atoms with Crippen LogP contribution in [-0.2, 0) is 9.59 Å². The van der Waals surface area contributed by atoms with Gasteiger partial charge in [0.25, 0.3) is 5.91 Å². The van der Waals surface area contributed by atoms with Gasteiger partial charge in [0.2, 0.25) is 5.91 Å². The van der Waals surface area contributed by atoms with Gasteiger partial charge in [0, 0.05) is 12.3 Å². The SMILES string of the molecule is CC(=O)NN1C(=O)C(=Cc2ccc3ccccc3n2)SC1=S. The van der Waals surface area contributed by atoms with Gasteiger partial charge in [-0.05, 0) is 30.4 Å². The number of hydrogen-bond donors (Lipinski definition) is 1. The Kier molecular flexibility index (Phi) is 3.91. The first-order chi connectivity index (χ1) is 10.5. The number of benzene rings is 1. The first-order valence-electron chi connectivity index (χ1n) is 6.45. The molecule has 3 rings (SSSR count). The van der Waals surface area contributed by atoms with E-state index in [9.17, 15) is 9.59 Å². The average molecular weight is 329 g/mol. The van der Waals surface area contributed by atoms with E-state index < -0.39 is 0 Å². The zero-order valence-corrected chi connectivity index (χ0v) is 13.2.